The van der Waals surface area contributed by atoms with Crippen LogP contribution in [0.1, 0.15) is 10.4 Å². The Morgan fingerprint density at radius 2 is 1.68 bits per heavy atom. The number of Topliss-reactive ketones (excluding diaryl/α,β-unsaturated/α-hetero) is 1. The molecule has 0 saturated heterocycles. The molecule has 0 atom stereocenters. The largest absolute Gasteiger partial charge is 0.379 e. The van der Waals surface area contributed by atoms with Crippen LogP contribution in [-0.4, -0.2) is 11.6 Å². The van der Waals surface area contributed by atoms with Crippen molar-refractivity contribution in [2.24, 2.45) is 10.8 Å². The van der Waals surface area contributed by atoms with Gasteiger partial charge in [0.2, 0.25) is 5.78 Å². The van der Waals surface area contributed by atoms with E-state index in [1.54, 1.807) is 48.5 Å². The summed E-state index contributed by atoms with van der Waals surface area (Å²) in [7, 11) is 0. The highest BCUT2D eigenvalue weighted by atomic mass is 35.5. The molecule has 0 spiro atoms. The molecule has 0 radical (unpaired) electrons. The van der Waals surface area contributed by atoms with Gasteiger partial charge in [0.15, 0.2) is 5.84 Å². The lowest BCUT2D eigenvalue weighted by molar-refractivity contribution is 0.106. The predicted octanol–water partition coefficient (Wildman–Crippen LogP) is 2.91. The second-order valence-electron chi connectivity index (χ2n) is 3.81. The molecule has 0 aliphatic heterocycles. The van der Waals surface area contributed by atoms with Crippen molar-refractivity contribution in [1.82, 2.24) is 0 Å². The maximum Gasteiger partial charge on any atom is 0.229 e. The fourth-order valence-electron chi connectivity index (χ4n) is 1.44. The standard InChI is InChI=1S/C14H12ClN3O/c15-11-6-8-12(9-7-11)17-18-14(16)13(19)10-4-2-1-3-5-10/h1-9,17H,(H2,16,18). The van der Waals surface area contributed by atoms with Crippen LogP contribution < -0.4 is 11.2 Å². The van der Waals surface area contributed by atoms with Gasteiger partial charge < -0.3 is 5.73 Å². The van der Waals surface area contributed by atoms with Crippen LogP contribution in [0.25, 0.3) is 0 Å². The number of halogens is 1. The fraction of sp³-hybridized carbons (Fsp3) is 0. The molecule has 2 rings (SSSR count). The van der Waals surface area contributed by atoms with E-state index in [-0.39, 0.29) is 11.6 Å². The lowest BCUT2D eigenvalue weighted by Gasteiger charge is -2.03. The van der Waals surface area contributed by atoms with Gasteiger partial charge in [0.05, 0.1) is 5.69 Å². The number of hydrogen-bond donors (Lipinski definition) is 2. The second kappa shape index (κ2) is 6.02. The molecule has 96 valence electrons. The SMILES string of the molecule is N/C(=N\Nc1ccc(Cl)cc1)C(=O)c1ccccc1. The molecule has 4 nitrogen and oxygen atoms in total. The van der Waals surface area contributed by atoms with Crippen LogP contribution in [0.3, 0.4) is 0 Å². The minimum absolute atomic E-state index is 0.0962. The van der Waals surface area contributed by atoms with E-state index in [2.05, 4.69) is 10.5 Å². The van der Waals surface area contributed by atoms with Crippen LogP contribution in [0.15, 0.2) is 59.7 Å². The summed E-state index contributed by atoms with van der Waals surface area (Å²) in [5.74, 6) is -0.414. The smallest absolute Gasteiger partial charge is 0.229 e. The van der Waals surface area contributed by atoms with Gasteiger partial charge >= 0.3 is 0 Å². The Labute approximate surface area is 115 Å². The fourth-order valence-corrected chi connectivity index (χ4v) is 1.56. The van der Waals surface area contributed by atoms with Crippen LogP contribution in [0.2, 0.25) is 5.02 Å². The molecule has 3 N–H and O–H groups in total. The molecule has 0 unspecified atom stereocenters. The first-order valence-corrected chi connectivity index (χ1v) is 5.99. The summed E-state index contributed by atoms with van der Waals surface area (Å²) >= 11 is 5.76. The van der Waals surface area contributed by atoms with Gasteiger partial charge in [0.25, 0.3) is 0 Å². The van der Waals surface area contributed by atoms with Crippen molar-refractivity contribution < 1.29 is 4.79 Å². The normalized spacial score (nSPS) is 11.1. The Morgan fingerprint density at radius 1 is 1.05 bits per heavy atom. The number of benzene rings is 2. The molecule has 0 bridgehead atoms. The number of nitrogens with zero attached hydrogens (tertiary/aromatic N) is 1. The van der Waals surface area contributed by atoms with Crippen molar-refractivity contribution in [2.45, 2.75) is 0 Å². The first-order valence-electron chi connectivity index (χ1n) is 5.61. The molecule has 0 aromatic heterocycles. The van der Waals surface area contributed by atoms with Crippen molar-refractivity contribution in [3.05, 3.63) is 65.2 Å². The molecule has 0 fully saturated rings. The molecule has 0 aliphatic rings. The topological polar surface area (TPSA) is 67.5 Å². The van der Waals surface area contributed by atoms with Gasteiger partial charge in [-0.05, 0) is 24.3 Å². The third-order valence-corrected chi connectivity index (χ3v) is 2.67. The van der Waals surface area contributed by atoms with E-state index in [0.717, 1.165) is 0 Å². The Bertz CT molecular complexity index is 594. The van der Waals surface area contributed by atoms with Gasteiger partial charge in [0.1, 0.15) is 0 Å². The van der Waals surface area contributed by atoms with Crippen LogP contribution in [0.5, 0.6) is 0 Å². The third kappa shape index (κ3) is 3.56. The van der Waals surface area contributed by atoms with E-state index in [1.807, 2.05) is 6.07 Å². The van der Waals surface area contributed by atoms with Gasteiger partial charge in [-0.3, -0.25) is 10.2 Å². The monoisotopic (exact) mass is 273 g/mol. The number of hydrazone groups is 1. The van der Waals surface area contributed by atoms with Crippen LogP contribution in [-0.2, 0) is 0 Å². The van der Waals surface area contributed by atoms with E-state index >= 15 is 0 Å². The minimum atomic E-state index is -0.318. The minimum Gasteiger partial charge on any atom is -0.379 e. The number of amidine groups is 1. The molecule has 0 aliphatic carbocycles. The summed E-state index contributed by atoms with van der Waals surface area (Å²) in [5, 5.41) is 4.48. The molecule has 2 aromatic rings. The summed E-state index contributed by atoms with van der Waals surface area (Å²) in [6.07, 6.45) is 0. The van der Waals surface area contributed by atoms with Gasteiger partial charge in [0, 0.05) is 10.6 Å². The number of rotatable bonds is 4. The highest BCUT2D eigenvalue weighted by molar-refractivity contribution is 6.44. The first kappa shape index (κ1) is 13.1. The maximum atomic E-state index is 11.9. The zero-order valence-electron chi connectivity index (χ0n) is 10.0. The van der Waals surface area contributed by atoms with Crippen molar-refractivity contribution in [2.75, 3.05) is 5.43 Å². The van der Waals surface area contributed by atoms with Crippen LogP contribution in [0.4, 0.5) is 5.69 Å². The van der Waals surface area contributed by atoms with Crippen LogP contribution >= 0.6 is 11.6 Å². The summed E-state index contributed by atoms with van der Waals surface area (Å²) in [6, 6.07) is 15.7. The Balaban J connectivity index is 2.07. The Morgan fingerprint density at radius 3 is 2.32 bits per heavy atom. The Kier molecular flexibility index (Phi) is 4.15. The molecule has 19 heavy (non-hydrogen) atoms. The molecule has 2 aromatic carbocycles. The van der Waals surface area contributed by atoms with Crippen molar-refractivity contribution in [1.29, 1.82) is 0 Å². The average molecular weight is 274 g/mol. The molecular weight excluding hydrogens is 262 g/mol. The molecule has 0 saturated carbocycles. The summed E-state index contributed by atoms with van der Waals surface area (Å²) in [6.45, 7) is 0. The molecule has 0 heterocycles. The van der Waals surface area contributed by atoms with Crippen molar-refractivity contribution >= 4 is 28.9 Å². The van der Waals surface area contributed by atoms with Gasteiger partial charge in [-0.15, -0.1) is 0 Å². The van der Waals surface area contributed by atoms with E-state index in [0.29, 0.717) is 16.3 Å². The number of nitrogens with two attached hydrogens (primary N) is 1. The van der Waals surface area contributed by atoms with E-state index in [1.165, 1.54) is 0 Å². The van der Waals surface area contributed by atoms with E-state index in [9.17, 15) is 4.79 Å². The van der Waals surface area contributed by atoms with Gasteiger partial charge in [-0.2, -0.15) is 5.10 Å². The Hall–Kier alpha value is -2.33. The number of carbonyl (C=O) groups excluding carboxylic acids is 1. The molecule has 5 heteroatoms. The summed E-state index contributed by atoms with van der Waals surface area (Å²) in [4.78, 5) is 11.9. The predicted molar refractivity (Wildman–Crippen MR) is 77.5 cm³/mol. The zero-order chi connectivity index (χ0) is 13.7. The highest BCUT2D eigenvalue weighted by Crippen LogP contribution is 2.13. The lowest BCUT2D eigenvalue weighted by atomic mass is 10.1. The number of anilines is 1. The van der Waals surface area contributed by atoms with Crippen LogP contribution in [0, 0.1) is 0 Å². The quantitative estimate of drug-likeness (QED) is 0.389. The van der Waals surface area contributed by atoms with Gasteiger partial charge in [-0.25, -0.2) is 0 Å². The summed E-state index contributed by atoms with van der Waals surface area (Å²) < 4.78 is 0. The number of hydrogen-bond acceptors (Lipinski definition) is 3. The van der Waals surface area contributed by atoms with Crippen molar-refractivity contribution in [3.63, 3.8) is 0 Å². The number of nitrogens with one attached hydrogen (secondary N) is 1. The highest BCUT2D eigenvalue weighted by Gasteiger charge is 2.09. The van der Waals surface area contributed by atoms with E-state index < -0.39 is 0 Å². The average Bonchev–Trinajstić information content (AvgIpc) is 2.46. The second-order valence-corrected chi connectivity index (χ2v) is 4.25. The van der Waals surface area contributed by atoms with Crippen molar-refractivity contribution in [3.8, 4) is 0 Å². The number of carbonyl (C=O) groups is 1. The third-order valence-electron chi connectivity index (χ3n) is 2.42. The summed E-state index contributed by atoms with van der Waals surface area (Å²) in [5.41, 5.74) is 9.55. The lowest BCUT2D eigenvalue weighted by Crippen LogP contribution is -2.25. The molecular formula is C14H12ClN3O. The van der Waals surface area contributed by atoms with Gasteiger partial charge in [-0.1, -0.05) is 41.9 Å². The number of ketones is 1. The zero-order valence-corrected chi connectivity index (χ0v) is 10.8. The molecule has 0 amide bonds. The first-order chi connectivity index (χ1) is 9.16. The maximum absolute atomic E-state index is 11.9. The van der Waals surface area contributed by atoms with E-state index in [4.69, 9.17) is 17.3 Å².